The molecule has 1 rings (SSSR count). The zero-order valence-electron chi connectivity index (χ0n) is 12.8. The van der Waals surface area contributed by atoms with Crippen LogP contribution >= 0.6 is 0 Å². The van der Waals surface area contributed by atoms with Crippen molar-refractivity contribution in [2.45, 2.75) is 13.0 Å². The van der Waals surface area contributed by atoms with Gasteiger partial charge in [-0.3, -0.25) is 0 Å². The summed E-state index contributed by atoms with van der Waals surface area (Å²) >= 11 is 0. The van der Waals surface area contributed by atoms with Crippen LogP contribution < -0.4 is 10.2 Å². The van der Waals surface area contributed by atoms with Crippen molar-refractivity contribution in [3.05, 3.63) is 23.8 Å². The van der Waals surface area contributed by atoms with E-state index >= 15 is 0 Å². The summed E-state index contributed by atoms with van der Waals surface area (Å²) in [4.78, 5) is 2.07. The van der Waals surface area contributed by atoms with Crippen molar-refractivity contribution in [1.29, 1.82) is 0 Å². The fourth-order valence-corrected chi connectivity index (χ4v) is 1.86. The van der Waals surface area contributed by atoms with E-state index in [2.05, 4.69) is 29.3 Å². The minimum atomic E-state index is -0.532. The van der Waals surface area contributed by atoms with Gasteiger partial charge in [0.05, 0.1) is 25.9 Å². The predicted molar refractivity (Wildman–Crippen MR) is 82.7 cm³/mol. The van der Waals surface area contributed by atoms with Crippen molar-refractivity contribution < 1.29 is 14.6 Å². The number of hydrogen-bond acceptors (Lipinski definition) is 5. The maximum absolute atomic E-state index is 9.80. The lowest BCUT2D eigenvalue weighted by Crippen LogP contribution is -2.25. The van der Waals surface area contributed by atoms with Crippen LogP contribution in [0.1, 0.15) is 5.56 Å². The van der Waals surface area contributed by atoms with E-state index in [9.17, 15) is 5.11 Å². The Hall–Kier alpha value is -1.30. The first-order valence-corrected chi connectivity index (χ1v) is 6.81. The molecule has 0 aliphatic heterocycles. The topological polar surface area (TPSA) is 54.0 Å². The van der Waals surface area contributed by atoms with Gasteiger partial charge in [0.2, 0.25) is 0 Å². The van der Waals surface area contributed by atoms with Gasteiger partial charge in [-0.15, -0.1) is 0 Å². The highest BCUT2D eigenvalue weighted by atomic mass is 16.5. The van der Waals surface area contributed by atoms with Gasteiger partial charge in [-0.1, -0.05) is 6.07 Å². The molecule has 0 aromatic heterocycles. The molecule has 0 bridgehead atoms. The first-order valence-electron chi connectivity index (χ1n) is 6.81. The molecule has 0 spiro atoms. The lowest BCUT2D eigenvalue weighted by atomic mass is 10.1. The molecule has 5 heteroatoms. The third-order valence-corrected chi connectivity index (χ3v) is 2.97. The van der Waals surface area contributed by atoms with E-state index in [1.54, 1.807) is 7.11 Å². The summed E-state index contributed by atoms with van der Waals surface area (Å²) in [6.07, 6.45) is -0.532. The van der Waals surface area contributed by atoms with Crippen molar-refractivity contribution >= 4 is 11.4 Å². The van der Waals surface area contributed by atoms with Crippen molar-refractivity contribution in [2.75, 3.05) is 57.8 Å². The van der Waals surface area contributed by atoms with Gasteiger partial charge in [-0.25, -0.2) is 0 Å². The van der Waals surface area contributed by atoms with Crippen LogP contribution in [-0.2, 0) is 9.47 Å². The maximum Gasteiger partial charge on any atom is 0.0945 e. The monoisotopic (exact) mass is 282 g/mol. The molecule has 0 aliphatic rings. The molecule has 0 saturated carbocycles. The number of aryl methyl sites for hydroxylation is 1. The minimum Gasteiger partial charge on any atom is -0.389 e. The van der Waals surface area contributed by atoms with Gasteiger partial charge in [0, 0.05) is 39.1 Å². The van der Waals surface area contributed by atoms with E-state index in [1.165, 1.54) is 11.3 Å². The van der Waals surface area contributed by atoms with Gasteiger partial charge in [-0.2, -0.15) is 0 Å². The van der Waals surface area contributed by atoms with Gasteiger partial charge >= 0.3 is 0 Å². The van der Waals surface area contributed by atoms with Crippen LogP contribution in [0.2, 0.25) is 0 Å². The quantitative estimate of drug-likeness (QED) is 0.672. The molecule has 1 unspecified atom stereocenters. The summed E-state index contributed by atoms with van der Waals surface area (Å²) in [5.74, 6) is 0. The van der Waals surface area contributed by atoms with Crippen LogP contribution in [0.4, 0.5) is 11.4 Å². The van der Waals surface area contributed by atoms with E-state index in [0.717, 1.165) is 5.69 Å². The third kappa shape index (κ3) is 5.77. The van der Waals surface area contributed by atoms with Crippen LogP contribution in [0, 0.1) is 6.92 Å². The number of benzene rings is 1. The van der Waals surface area contributed by atoms with Crippen LogP contribution in [0.3, 0.4) is 0 Å². The molecule has 1 aromatic carbocycles. The first kappa shape index (κ1) is 16.8. The second kappa shape index (κ2) is 8.79. The Morgan fingerprint density at radius 2 is 2.05 bits per heavy atom. The summed E-state index contributed by atoms with van der Waals surface area (Å²) in [5.41, 5.74) is 3.39. The van der Waals surface area contributed by atoms with Gasteiger partial charge in [0.1, 0.15) is 0 Å². The zero-order chi connectivity index (χ0) is 15.0. The highest BCUT2D eigenvalue weighted by Gasteiger charge is 2.06. The normalized spacial score (nSPS) is 12.2. The average Bonchev–Trinajstić information content (AvgIpc) is 2.42. The van der Waals surface area contributed by atoms with Crippen LogP contribution in [0.15, 0.2) is 18.2 Å². The summed E-state index contributed by atoms with van der Waals surface area (Å²) < 4.78 is 10.2. The molecule has 114 valence electrons. The van der Waals surface area contributed by atoms with E-state index in [4.69, 9.17) is 9.47 Å². The summed E-state index contributed by atoms with van der Waals surface area (Å²) in [5, 5.41) is 13.0. The fourth-order valence-electron chi connectivity index (χ4n) is 1.86. The highest BCUT2D eigenvalue weighted by molar-refractivity contribution is 5.61. The van der Waals surface area contributed by atoms with Crippen LogP contribution in [-0.4, -0.2) is 58.8 Å². The molecule has 0 aliphatic carbocycles. The molecule has 0 heterocycles. The lowest BCUT2D eigenvalue weighted by molar-refractivity contribution is 0.0182. The van der Waals surface area contributed by atoms with Gasteiger partial charge in [0.25, 0.3) is 0 Å². The molecule has 1 atom stereocenters. The van der Waals surface area contributed by atoms with Crippen molar-refractivity contribution in [3.63, 3.8) is 0 Å². The van der Waals surface area contributed by atoms with Crippen LogP contribution in [0.5, 0.6) is 0 Å². The maximum atomic E-state index is 9.80. The Kier molecular flexibility index (Phi) is 7.36. The molecular formula is C15H26N2O3. The molecule has 1 aromatic rings. The molecule has 0 amide bonds. The number of hydrogen-bond donors (Lipinski definition) is 2. The largest absolute Gasteiger partial charge is 0.389 e. The number of nitrogens with one attached hydrogen (secondary N) is 1. The lowest BCUT2D eigenvalue weighted by Gasteiger charge is -2.18. The number of nitrogens with zero attached hydrogens (tertiary/aromatic N) is 1. The highest BCUT2D eigenvalue weighted by Crippen LogP contribution is 2.22. The molecule has 0 saturated heterocycles. The molecule has 0 fully saturated rings. The second-order valence-electron chi connectivity index (χ2n) is 5.00. The molecule has 20 heavy (non-hydrogen) atoms. The van der Waals surface area contributed by atoms with Crippen LogP contribution in [0.25, 0.3) is 0 Å². The fraction of sp³-hybridized carbons (Fsp3) is 0.600. The minimum absolute atomic E-state index is 0.308. The van der Waals surface area contributed by atoms with Crippen molar-refractivity contribution in [3.8, 4) is 0 Å². The predicted octanol–water partition coefficient (Wildman–Crippen LogP) is 1.50. The molecule has 5 nitrogen and oxygen atoms in total. The number of methoxy groups -OCH3 is 1. The molecule has 0 radical (unpaired) electrons. The Labute approximate surface area is 121 Å². The Morgan fingerprint density at radius 1 is 1.30 bits per heavy atom. The van der Waals surface area contributed by atoms with E-state index in [1.807, 2.05) is 20.2 Å². The number of ether oxygens (including phenoxy) is 2. The number of aliphatic hydroxyl groups excluding tert-OH is 1. The Morgan fingerprint density at radius 3 is 2.70 bits per heavy atom. The SMILES string of the molecule is COCCOCC(O)CNc1ccc(C)c(N(C)C)c1. The average molecular weight is 282 g/mol. The molecular weight excluding hydrogens is 256 g/mol. The molecule has 2 N–H and O–H groups in total. The van der Waals surface area contributed by atoms with Crippen molar-refractivity contribution in [1.82, 2.24) is 0 Å². The summed E-state index contributed by atoms with van der Waals surface area (Å²) in [7, 11) is 5.66. The summed E-state index contributed by atoms with van der Waals surface area (Å²) in [6.45, 7) is 3.90. The third-order valence-electron chi connectivity index (χ3n) is 2.97. The number of rotatable bonds is 9. The van der Waals surface area contributed by atoms with Gasteiger partial charge in [-0.05, 0) is 24.6 Å². The standard InChI is InChI=1S/C15H26N2O3/c1-12-5-6-13(9-15(12)17(2)3)16-10-14(18)11-20-8-7-19-4/h5-6,9,14,16,18H,7-8,10-11H2,1-4H3. The van der Waals surface area contributed by atoms with Gasteiger partial charge < -0.3 is 24.8 Å². The smallest absolute Gasteiger partial charge is 0.0945 e. The van der Waals surface area contributed by atoms with E-state index in [0.29, 0.717) is 26.4 Å². The van der Waals surface area contributed by atoms with E-state index in [-0.39, 0.29) is 0 Å². The van der Waals surface area contributed by atoms with E-state index < -0.39 is 6.10 Å². The van der Waals surface area contributed by atoms with Crippen molar-refractivity contribution in [2.24, 2.45) is 0 Å². The number of aliphatic hydroxyl groups is 1. The Bertz CT molecular complexity index is 397. The number of anilines is 2. The van der Waals surface area contributed by atoms with Gasteiger partial charge in [0.15, 0.2) is 0 Å². The Balaban J connectivity index is 2.39. The first-order chi connectivity index (χ1) is 9.54. The summed E-state index contributed by atoms with van der Waals surface area (Å²) in [6, 6.07) is 6.16. The second-order valence-corrected chi connectivity index (χ2v) is 5.00. The zero-order valence-corrected chi connectivity index (χ0v) is 12.8.